The van der Waals surface area contributed by atoms with Crippen molar-refractivity contribution in [3.05, 3.63) is 23.7 Å². The first-order valence-electron chi connectivity index (χ1n) is 7.36. The molecule has 118 valence electrons. The third kappa shape index (κ3) is 3.67. The van der Waals surface area contributed by atoms with Gasteiger partial charge in [-0.2, -0.15) is 0 Å². The Hall–Kier alpha value is -1.30. The van der Waals surface area contributed by atoms with Crippen molar-refractivity contribution in [2.75, 3.05) is 12.8 Å². The van der Waals surface area contributed by atoms with Crippen molar-refractivity contribution in [1.82, 2.24) is 4.90 Å². The second-order valence-electron chi connectivity index (χ2n) is 5.82. The van der Waals surface area contributed by atoms with E-state index in [0.29, 0.717) is 6.54 Å². The van der Waals surface area contributed by atoms with Gasteiger partial charge in [-0.05, 0) is 38.8 Å². The Morgan fingerprint density at radius 3 is 2.62 bits per heavy atom. The second kappa shape index (κ2) is 6.22. The molecule has 0 aliphatic carbocycles. The largest absolute Gasteiger partial charge is 0.464 e. The number of carbonyl (C=O) groups is 1. The monoisotopic (exact) mass is 313 g/mol. The molecule has 1 fully saturated rings. The van der Waals surface area contributed by atoms with Gasteiger partial charge in [0.25, 0.3) is 0 Å². The van der Waals surface area contributed by atoms with Gasteiger partial charge in [0.1, 0.15) is 16.8 Å². The Bertz CT molecular complexity index is 605. The van der Waals surface area contributed by atoms with E-state index in [9.17, 15) is 13.2 Å². The zero-order valence-electron chi connectivity index (χ0n) is 12.8. The molecule has 1 saturated heterocycles. The minimum atomic E-state index is -3.39. The minimum Gasteiger partial charge on any atom is -0.464 e. The molecule has 2 atom stereocenters. The van der Waals surface area contributed by atoms with Crippen LogP contribution in [-0.4, -0.2) is 37.3 Å². The summed E-state index contributed by atoms with van der Waals surface area (Å²) >= 11 is 0. The maximum Gasteiger partial charge on any atom is 0.241 e. The highest BCUT2D eigenvalue weighted by Gasteiger charge is 2.34. The summed E-state index contributed by atoms with van der Waals surface area (Å²) in [5.41, 5.74) is 0. The van der Waals surface area contributed by atoms with E-state index >= 15 is 0 Å². The highest BCUT2D eigenvalue weighted by molar-refractivity contribution is 7.92. The standard InChI is InChI=1S/C15H23NO4S/c1-11-8-9-14(20-11)13-7-5-4-6-10-16(13)15(17)12(2)21(3,18)19/h8-9,12-13H,4-7,10H2,1-3H3/t12-,13+/m1/s1. The lowest BCUT2D eigenvalue weighted by Crippen LogP contribution is -2.43. The molecule has 0 aromatic carbocycles. The first kappa shape index (κ1) is 16.1. The van der Waals surface area contributed by atoms with Crippen molar-refractivity contribution >= 4 is 15.7 Å². The lowest BCUT2D eigenvalue weighted by Gasteiger charge is -2.30. The van der Waals surface area contributed by atoms with E-state index in [2.05, 4.69) is 0 Å². The number of hydrogen-bond acceptors (Lipinski definition) is 4. The zero-order valence-corrected chi connectivity index (χ0v) is 13.6. The Labute approximate surface area is 126 Å². The van der Waals surface area contributed by atoms with Gasteiger partial charge < -0.3 is 9.32 Å². The summed E-state index contributed by atoms with van der Waals surface area (Å²) in [6.45, 7) is 3.92. The molecule has 2 rings (SSSR count). The fourth-order valence-corrected chi connectivity index (χ4v) is 3.22. The van der Waals surface area contributed by atoms with Gasteiger partial charge in [0.05, 0.1) is 6.04 Å². The number of carbonyl (C=O) groups excluding carboxylic acids is 1. The van der Waals surface area contributed by atoms with Gasteiger partial charge in [-0.15, -0.1) is 0 Å². The van der Waals surface area contributed by atoms with E-state index < -0.39 is 15.1 Å². The average Bonchev–Trinajstić information content (AvgIpc) is 2.70. The highest BCUT2D eigenvalue weighted by atomic mass is 32.2. The van der Waals surface area contributed by atoms with Gasteiger partial charge in [0.15, 0.2) is 9.84 Å². The summed E-state index contributed by atoms with van der Waals surface area (Å²) < 4.78 is 29.0. The minimum absolute atomic E-state index is 0.155. The molecule has 1 aromatic rings. The van der Waals surface area contributed by atoms with Crippen molar-refractivity contribution < 1.29 is 17.6 Å². The number of nitrogens with zero attached hydrogens (tertiary/aromatic N) is 1. The van der Waals surface area contributed by atoms with Gasteiger partial charge in [-0.25, -0.2) is 8.42 Å². The van der Waals surface area contributed by atoms with Gasteiger partial charge >= 0.3 is 0 Å². The van der Waals surface area contributed by atoms with E-state index in [-0.39, 0.29) is 11.9 Å². The van der Waals surface area contributed by atoms with Crippen LogP contribution in [0.4, 0.5) is 0 Å². The quantitative estimate of drug-likeness (QED) is 0.859. The van der Waals surface area contributed by atoms with Crippen LogP contribution >= 0.6 is 0 Å². The molecule has 1 aliphatic rings. The van der Waals surface area contributed by atoms with Crippen LogP contribution in [0.5, 0.6) is 0 Å². The highest BCUT2D eigenvalue weighted by Crippen LogP contribution is 2.32. The first-order chi connectivity index (χ1) is 9.80. The predicted molar refractivity (Wildman–Crippen MR) is 80.7 cm³/mol. The Morgan fingerprint density at radius 1 is 1.33 bits per heavy atom. The van der Waals surface area contributed by atoms with E-state index in [4.69, 9.17) is 4.42 Å². The van der Waals surface area contributed by atoms with Crippen LogP contribution in [0.2, 0.25) is 0 Å². The molecule has 1 aromatic heterocycles. The summed E-state index contributed by atoms with van der Waals surface area (Å²) in [5.74, 6) is 1.24. The van der Waals surface area contributed by atoms with Crippen molar-refractivity contribution in [3.8, 4) is 0 Å². The van der Waals surface area contributed by atoms with E-state index in [1.807, 2.05) is 19.1 Å². The Kier molecular flexibility index (Phi) is 4.76. The van der Waals surface area contributed by atoms with Crippen LogP contribution in [0.3, 0.4) is 0 Å². The molecule has 1 amide bonds. The molecule has 0 radical (unpaired) electrons. The van der Waals surface area contributed by atoms with E-state index in [0.717, 1.165) is 43.5 Å². The molecule has 0 saturated carbocycles. The number of furan rings is 1. The van der Waals surface area contributed by atoms with Crippen LogP contribution in [0.15, 0.2) is 16.5 Å². The average molecular weight is 313 g/mol. The van der Waals surface area contributed by atoms with Gasteiger partial charge in [-0.3, -0.25) is 4.79 Å². The topological polar surface area (TPSA) is 67.6 Å². The lowest BCUT2D eigenvalue weighted by molar-refractivity contribution is -0.133. The summed E-state index contributed by atoms with van der Waals surface area (Å²) in [6.07, 6.45) is 4.89. The van der Waals surface area contributed by atoms with E-state index in [1.54, 1.807) is 4.90 Å². The Morgan fingerprint density at radius 2 is 2.05 bits per heavy atom. The number of hydrogen-bond donors (Lipinski definition) is 0. The van der Waals surface area contributed by atoms with Gasteiger partial charge in [-0.1, -0.05) is 12.8 Å². The van der Waals surface area contributed by atoms with Crippen molar-refractivity contribution in [2.24, 2.45) is 0 Å². The maximum absolute atomic E-state index is 12.6. The summed E-state index contributed by atoms with van der Waals surface area (Å²) in [5, 5.41) is -1.01. The van der Waals surface area contributed by atoms with Crippen molar-refractivity contribution in [2.45, 2.75) is 50.8 Å². The first-order valence-corrected chi connectivity index (χ1v) is 9.32. The van der Waals surface area contributed by atoms with Crippen molar-refractivity contribution in [3.63, 3.8) is 0 Å². The predicted octanol–water partition coefficient (Wildman–Crippen LogP) is 2.46. The molecular weight excluding hydrogens is 290 g/mol. The molecule has 2 heterocycles. The number of sulfone groups is 1. The van der Waals surface area contributed by atoms with Crippen LogP contribution in [0.25, 0.3) is 0 Å². The normalized spacial score (nSPS) is 21.9. The number of rotatable bonds is 3. The molecule has 0 unspecified atom stereocenters. The third-order valence-electron chi connectivity index (χ3n) is 4.12. The number of likely N-dealkylation sites (tertiary alicyclic amines) is 1. The van der Waals surface area contributed by atoms with Crippen molar-refractivity contribution in [1.29, 1.82) is 0 Å². The maximum atomic E-state index is 12.6. The number of aryl methyl sites for hydroxylation is 1. The van der Waals surface area contributed by atoms with Crippen LogP contribution < -0.4 is 0 Å². The van der Waals surface area contributed by atoms with Crippen LogP contribution in [0, 0.1) is 6.92 Å². The van der Waals surface area contributed by atoms with Gasteiger partial charge in [0.2, 0.25) is 5.91 Å². The SMILES string of the molecule is Cc1ccc([C@@H]2CCCCCN2C(=O)[C@@H](C)S(C)(=O)=O)o1. The molecule has 1 aliphatic heterocycles. The summed E-state index contributed by atoms with van der Waals surface area (Å²) in [7, 11) is -3.39. The molecular formula is C15H23NO4S. The summed E-state index contributed by atoms with van der Waals surface area (Å²) in [6, 6.07) is 3.61. The summed E-state index contributed by atoms with van der Waals surface area (Å²) in [4.78, 5) is 14.3. The van der Waals surface area contributed by atoms with Crippen LogP contribution in [-0.2, 0) is 14.6 Å². The molecule has 0 bridgehead atoms. The smallest absolute Gasteiger partial charge is 0.241 e. The number of amides is 1. The molecule has 0 spiro atoms. The third-order valence-corrected chi connectivity index (χ3v) is 5.60. The molecule has 5 nitrogen and oxygen atoms in total. The fraction of sp³-hybridized carbons (Fsp3) is 0.667. The fourth-order valence-electron chi connectivity index (χ4n) is 2.72. The second-order valence-corrected chi connectivity index (χ2v) is 8.18. The van der Waals surface area contributed by atoms with Gasteiger partial charge in [0, 0.05) is 12.8 Å². The Balaban J connectivity index is 2.30. The zero-order chi connectivity index (χ0) is 15.6. The van der Waals surface area contributed by atoms with E-state index in [1.165, 1.54) is 6.92 Å². The molecule has 21 heavy (non-hydrogen) atoms. The lowest BCUT2D eigenvalue weighted by atomic mass is 10.1. The van der Waals surface area contributed by atoms with Crippen LogP contribution in [0.1, 0.15) is 50.2 Å². The molecule has 0 N–H and O–H groups in total. The molecule has 6 heteroatoms.